The quantitative estimate of drug-likeness (QED) is 0.0775. The molecule has 3 aromatic carbocycles. The Kier molecular flexibility index (Phi) is 8.52. The lowest BCUT2D eigenvalue weighted by Gasteiger charge is -2.22. The van der Waals surface area contributed by atoms with Crippen LogP contribution in [-0.4, -0.2) is 24.7 Å². The van der Waals surface area contributed by atoms with Gasteiger partial charge in [0.1, 0.15) is 12.4 Å². The van der Waals surface area contributed by atoms with Crippen molar-refractivity contribution in [1.29, 1.82) is 0 Å². The zero-order valence-corrected chi connectivity index (χ0v) is 22.5. The third kappa shape index (κ3) is 6.83. The predicted molar refractivity (Wildman–Crippen MR) is 154 cm³/mol. The van der Waals surface area contributed by atoms with E-state index in [1.54, 1.807) is 12.1 Å². The van der Waals surface area contributed by atoms with E-state index in [0.717, 1.165) is 11.4 Å². The first-order valence-electron chi connectivity index (χ1n) is 13.0. The van der Waals surface area contributed by atoms with Crippen LogP contribution in [0.2, 0.25) is 0 Å². The number of aromatic nitrogens is 3. The number of para-hydroxylation sites is 1. The van der Waals surface area contributed by atoms with E-state index in [9.17, 15) is 10.1 Å². The summed E-state index contributed by atoms with van der Waals surface area (Å²) < 4.78 is 8.09. The van der Waals surface area contributed by atoms with Gasteiger partial charge in [-0.1, -0.05) is 49.6 Å². The number of nitro benzene ring substituents is 1. The number of benzene rings is 3. The smallest absolute Gasteiger partial charge is 0.269 e. The van der Waals surface area contributed by atoms with Crippen LogP contribution >= 0.6 is 11.8 Å². The molecule has 1 heterocycles. The number of hydrogen-bond acceptors (Lipinski definition) is 8. The van der Waals surface area contributed by atoms with Gasteiger partial charge in [0.15, 0.2) is 5.82 Å². The SMILES string of the molecule is C/C(=N/Nc1ccc([N+](=O)[O-])cc1)Sc1nnc(COc2ccc(C3CCCCC3)cc2)n1-c1ccccc1. The zero-order valence-electron chi connectivity index (χ0n) is 21.7. The molecule has 1 aliphatic rings. The van der Waals surface area contributed by atoms with E-state index in [4.69, 9.17) is 4.74 Å². The minimum Gasteiger partial charge on any atom is -0.486 e. The van der Waals surface area contributed by atoms with E-state index in [-0.39, 0.29) is 12.3 Å². The molecule has 0 aliphatic heterocycles. The summed E-state index contributed by atoms with van der Waals surface area (Å²) in [4.78, 5) is 10.4. The van der Waals surface area contributed by atoms with E-state index in [1.807, 2.05) is 54.0 Å². The first-order chi connectivity index (χ1) is 19.1. The highest BCUT2D eigenvalue weighted by molar-refractivity contribution is 8.13. The second-order valence-electron chi connectivity index (χ2n) is 9.41. The average Bonchev–Trinajstić information content (AvgIpc) is 3.38. The van der Waals surface area contributed by atoms with Crippen LogP contribution in [0.5, 0.6) is 5.75 Å². The van der Waals surface area contributed by atoms with Gasteiger partial charge in [-0.3, -0.25) is 20.1 Å². The van der Waals surface area contributed by atoms with Crippen LogP contribution in [-0.2, 0) is 6.61 Å². The van der Waals surface area contributed by atoms with Gasteiger partial charge in [-0.05, 0) is 79.4 Å². The van der Waals surface area contributed by atoms with Gasteiger partial charge in [0.05, 0.1) is 15.7 Å². The lowest BCUT2D eigenvalue weighted by molar-refractivity contribution is -0.384. The molecule has 0 saturated heterocycles. The van der Waals surface area contributed by atoms with Gasteiger partial charge in [0, 0.05) is 17.8 Å². The standard InChI is InChI=1S/C29H30N6O3S/c1-21(30-31-24-14-16-26(17-15-24)35(36)37)39-29-33-32-28(34(29)25-10-6-3-7-11-25)20-38-27-18-12-23(13-19-27)22-8-4-2-5-9-22/h3,6-7,10-19,22,31H,2,4-5,8-9,20H2,1H3/b30-21-. The van der Waals surface area contributed by atoms with Gasteiger partial charge in [0.2, 0.25) is 5.16 Å². The third-order valence-electron chi connectivity index (χ3n) is 6.70. The summed E-state index contributed by atoms with van der Waals surface area (Å²) in [5.74, 6) is 2.14. The minimum atomic E-state index is -0.432. The molecule has 0 atom stereocenters. The summed E-state index contributed by atoms with van der Waals surface area (Å²) in [5.41, 5.74) is 5.93. The van der Waals surface area contributed by atoms with Crippen LogP contribution in [0.25, 0.3) is 5.69 Å². The number of rotatable bonds is 9. The number of ether oxygens (including phenoxy) is 1. The molecule has 1 N–H and O–H groups in total. The van der Waals surface area contributed by atoms with E-state index < -0.39 is 4.92 Å². The third-order valence-corrected chi connectivity index (χ3v) is 7.53. The Hall–Kier alpha value is -4.18. The average molecular weight is 543 g/mol. The Morgan fingerprint density at radius 1 is 1.03 bits per heavy atom. The lowest BCUT2D eigenvalue weighted by atomic mass is 9.84. The fraction of sp³-hybridized carbons (Fsp3) is 0.276. The number of thioether (sulfide) groups is 1. The molecule has 1 fully saturated rings. The molecule has 0 spiro atoms. The predicted octanol–water partition coefficient (Wildman–Crippen LogP) is 7.34. The maximum atomic E-state index is 10.9. The van der Waals surface area contributed by atoms with E-state index >= 15 is 0 Å². The molecule has 200 valence electrons. The van der Waals surface area contributed by atoms with Crippen LogP contribution in [0.4, 0.5) is 11.4 Å². The molecule has 0 radical (unpaired) electrons. The maximum Gasteiger partial charge on any atom is 0.269 e. The van der Waals surface area contributed by atoms with E-state index in [1.165, 1.54) is 61.6 Å². The summed E-state index contributed by atoms with van der Waals surface area (Å²) in [5, 5.41) is 25.5. The number of nitrogens with zero attached hydrogens (tertiary/aromatic N) is 5. The van der Waals surface area contributed by atoms with Crippen LogP contribution in [0, 0.1) is 10.1 Å². The van der Waals surface area contributed by atoms with Crippen LogP contribution in [0.3, 0.4) is 0 Å². The molecule has 1 aliphatic carbocycles. The number of anilines is 1. The Labute approximate surface area is 231 Å². The van der Waals surface area contributed by atoms with Gasteiger partial charge in [-0.25, -0.2) is 0 Å². The number of hydrogen-bond donors (Lipinski definition) is 1. The van der Waals surface area contributed by atoms with Crippen molar-refractivity contribution < 1.29 is 9.66 Å². The van der Waals surface area contributed by atoms with E-state index in [2.05, 4.69) is 32.9 Å². The Balaban J connectivity index is 1.28. The van der Waals surface area contributed by atoms with Crippen molar-refractivity contribution in [1.82, 2.24) is 14.8 Å². The Bertz CT molecular complexity index is 1420. The molecule has 0 unspecified atom stereocenters. The van der Waals surface area contributed by atoms with Crippen molar-refractivity contribution in [3.8, 4) is 11.4 Å². The summed E-state index contributed by atoms with van der Waals surface area (Å²) in [6.07, 6.45) is 6.52. The van der Waals surface area contributed by atoms with Gasteiger partial charge in [0.25, 0.3) is 5.69 Å². The molecule has 5 rings (SSSR count). The molecule has 1 saturated carbocycles. The first kappa shape index (κ1) is 26.4. The highest BCUT2D eigenvalue weighted by Gasteiger charge is 2.18. The second kappa shape index (κ2) is 12.6. The first-order valence-corrected chi connectivity index (χ1v) is 13.8. The summed E-state index contributed by atoms with van der Waals surface area (Å²) >= 11 is 1.37. The molecular weight excluding hydrogens is 512 g/mol. The van der Waals surface area contributed by atoms with Crippen molar-refractivity contribution in [3.05, 3.63) is 100 Å². The second-order valence-corrected chi connectivity index (χ2v) is 10.6. The highest BCUT2D eigenvalue weighted by atomic mass is 32.2. The molecule has 1 aromatic heterocycles. The van der Waals surface area contributed by atoms with Gasteiger partial charge in [-0.15, -0.1) is 10.2 Å². The van der Waals surface area contributed by atoms with Crippen LogP contribution in [0.15, 0.2) is 89.1 Å². The van der Waals surface area contributed by atoms with E-state index in [0.29, 0.717) is 27.6 Å². The maximum absolute atomic E-state index is 10.9. The Morgan fingerprint density at radius 2 is 1.74 bits per heavy atom. The van der Waals surface area contributed by atoms with Crippen molar-refractivity contribution >= 4 is 28.2 Å². The van der Waals surface area contributed by atoms with Gasteiger partial charge >= 0.3 is 0 Å². The van der Waals surface area contributed by atoms with Crippen molar-refractivity contribution in [2.45, 2.75) is 56.7 Å². The molecule has 0 amide bonds. The van der Waals surface area contributed by atoms with Crippen molar-refractivity contribution in [2.24, 2.45) is 5.10 Å². The Morgan fingerprint density at radius 3 is 2.44 bits per heavy atom. The van der Waals surface area contributed by atoms with Crippen LogP contribution in [0.1, 0.15) is 56.3 Å². The number of nitro groups is 1. The monoisotopic (exact) mass is 542 g/mol. The molecule has 0 bridgehead atoms. The zero-order chi connectivity index (χ0) is 27.0. The van der Waals surface area contributed by atoms with Gasteiger partial charge < -0.3 is 4.74 Å². The van der Waals surface area contributed by atoms with Crippen molar-refractivity contribution in [2.75, 3.05) is 5.43 Å². The largest absolute Gasteiger partial charge is 0.486 e. The topological polar surface area (TPSA) is 107 Å². The number of nitrogens with one attached hydrogen (secondary N) is 1. The molecule has 39 heavy (non-hydrogen) atoms. The van der Waals surface area contributed by atoms with Crippen LogP contribution < -0.4 is 10.2 Å². The summed E-state index contributed by atoms with van der Waals surface area (Å²) in [6, 6.07) is 24.5. The fourth-order valence-corrected chi connectivity index (χ4v) is 5.41. The molecule has 10 heteroatoms. The van der Waals surface area contributed by atoms with Gasteiger partial charge in [-0.2, -0.15) is 5.10 Å². The molecule has 9 nitrogen and oxygen atoms in total. The molecular formula is C29H30N6O3S. The number of hydrazone groups is 1. The minimum absolute atomic E-state index is 0.0292. The summed E-state index contributed by atoms with van der Waals surface area (Å²) in [7, 11) is 0. The summed E-state index contributed by atoms with van der Waals surface area (Å²) in [6.45, 7) is 2.12. The lowest BCUT2D eigenvalue weighted by Crippen LogP contribution is -2.07. The fourth-order valence-electron chi connectivity index (χ4n) is 4.67. The van der Waals surface area contributed by atoms with Crippen molar-refractivity contribution in [3.63, 3.8) is 0 Å². The normalized spacial score (nSPS) is 14.2. The highest BCUT2D eigenvalue weighted by Crippen LogP contribution is 2.33. The molecule has 4 aromatic rings. The number of non-ortho nitro benzene ring substituents is 1.